The summed E-state index contributed by atoms with van der Waals surface area (Å²) in [6.45, 7) is 2.36. The van der Waals surface area contributed by atoms with Gasteiger partial charge in [0.05, 0.1) is 6.10 Å². The summed E-state index contributed by atoms with van der Waals surface area (Å²) in [5, 5.41) is 2.94. The van der Waals surface area contributed by atoms with Crippen molar-refractivity contribution in [3.63, 3.8) is 0 Å². The van der Waals surface area contributed by atoms with Gasteiger partial charge in [-0.25, -0.2) is 0 Å². The van der Waals surface area contributed by atoms with Crippen molar-refractivity contribution in [1.29, 1.82) is 0 Å². The molecule has 0 aromatic carbocycles. The van der Waals surface area contributed by atoms with Crippen molar-refractivity contribution in [1.82, 2.24) is 5.32 Å². The molecule has 1 rings (SSSR count). The zero-order valence-electron chi connectivity index (χ0n) is 10.0. The number of ether oxygens (including phenoxy) is 1. The maximum atomic E-state index is 11.4. The Labute approximate surface area is 97.9 Å². The fourth-order valence-electron chi connectivity index (χ4n) is 1.94. The molecule has 94 valence electrons. The van der Waals surface area contributed by atoms with E-state index >= 15 is 0 Å². The number of nitrogens with two attached hydrogens (primary N) is 1. The second-order valence-corrected chi connectivity index (χ2v) is 4.37. The Balaban J connectivity index is 1.89. The quantitative estimate of drug-likeness (QED) is 0.613. The summed E-state index contributed by atoms with van der Waals surface area (Å²) in [4.78, 5) is 11.4. The number of hydrogen-bond acceptors (Lipinski definition) is 3. The van der Waals surface area contributed by atoms with Crippen LogP contribution in [0.4, 0.5) is 0 Å². The average Bonchev–Trinajstić information content (AvgIpc) is 2.77. The Morgan fingerprint density at radius 2 is 2.25 bits per heavy atom. The molecule has 16 heavy (non-hydrogen) atoms. The molecule has 0 aliphatic carbocycles. The van der Waals surface area contributed by atoms with Gasteiger partial charge >= 0.3 is 0 Å². The Bertz CT molecular complexity index is 191. The molecule has 1 atom stereocenters. The van der Waals surface area contributed by atoms with Crippen molar-refractivity contribution in [2.45, 2.75) is 51.0 Å². The van der Waals surface area contributed by atoms with Gasteiger partial charge in [-0.1, -0.05) is 6.42 Å². The van der Waals surface area contributed by atoms with Crippen LogP contribution in [0.5, 0.6) is 0 Å². The van der Waals surface area contributed by atoms with E-state index < -0.39 is 0 Å². The Kier molecular flexibility index (Phi) is 7.17. The monoisotopic (exact) mass is 228 g/mol. The van der Waals surface area contributed by atoms with Crippen molar-refractivity contribution in [2.75, 3.05) is 19.7 Å². The highest BCUT2D eigenvalue weighted by molar-refractivity contribution is 5.75. The minimum Gasteiger partial charge on any atom is -0.378 e. The molecular weight excluding hydrogens is 204 g/mol. The lowest BCUT2D eigenvalue weighted by Gasteiger charge is -2.09. The summed E-state index contributed by atoms with van der Waals surface area (Å²) < 4.78 is 5.48. The van der Waals surface area contributed by atoms with Gasteiger partial charge in [0.15, 0.2) is 0 Å². The van der Waals surface area contributed by atoms with Crippen LogP contribution in [0, 0.1) is 0 Å². The zero-order valence-corrected chi connectivity index (χ0v) is 10.0. The van der Waals surface area contributed by atoms with Crippen LogP contribution < -0.4 is 11.1 Å². The second-order valence-electron chi connectivity index (χ2n) is 4.37. The van der Waals surface area contributed by atoms with E-state index in [1.807, 2.05) is 0 Å². The van der Waals surface area contributed by atoms with Crippen LogP contribution in [-0.2, 0) is 9.53 Å². The van der Waals surface area contributed by atoms with Crippen molar-refractivity contribution >= 4 is 5.91 Å². The first-order valence-corrected chi connectivity index (χ1v) is 6.41. The molecule has 3 N–H and O–H groups in total. The minimum atomic E-state index is 0.162. The molecule has 1 heterocycles. The lowest BCUT2D eigenvalue weighted by Crippen LogP contribution is -2.26. The Morgan fingerprint density at radius 1 is 1.38 bits per heavy atom. The predicted octanol–water partition coefficient (Wildman–Crippen LogP) is 1.19. The van der Waals surface area contributed by atoms with E-state index in [1.165, 1.54) is 0 Å². The molecule has 1 aliphatic rings. The molecule has 0 radical (unpaired) electrons. The van der Waals surface area contributed by atoms with Gasteiger partial charge in [0.1, 0.15) is 0 Å². The van der Waals surface area contributed by atoms with Crippen LogP contribution in [0.25, 0.3) is 0 Å². The number of carbonyl (C=O) groups is 1. The summed E-state index contributed by atoms with van der Waals surface area (Å²) in [7, 11) is 0. The average molecular weight is 228 g/mol. The summed E-state index contributed by atoms with van der Waals surface area (Å²) >= 11 is 0. The molecule has 4 nitrogen and oxygen atoms in total. The molecule has 0 spiro atoms. The first-order chi connectivity index (χ1) is 7.83. The minimum absolute atomic E-state index is 0.162. The topological polar surface area (TPSA) is 64.4 Å². The van der Waals surface area contributed by atoms with Gasteiger partial charge < -0.3 is 15.8 Å². The predicted molar refractivity (Wildman–Crippen MR) is 64.1 cm³/mol. The summed E-state index contributed by atoms with van der Waals surface area (Å²) in [6.07, 6.45) is 7.28. The summed E-state index contributed by atoms with van der Waals surface area (Å²) in [5.74, 6) is 0.162. The first-order valence-electron chi connectivity index (χ1n) is 6.41. The maximum absolute atomic E-state index is 11.4. The fraction of sp³-hybridized carbons (Fsp3) is 0.917. The van der Waals surface area contributed by atoms with Crippen LogP contribution >= 0.6 is 0 Å². The summed E-state index contributed by atoms with van der Waals surface area (Å²) in [6, 6.07) is 0. The molecule has 0 aromatic rings. The van der Waals surface area contributed by atoms with E-state index in [2.05, 4.69) is 5.32 Å². The van der Waals surface area contributed by atoms with Crippen LogP contribution in [0.15, 0.2) is 0 Å². The largest absolute Gasteiger partial charge is 0.378 e. The fourth-order valence-corrected chi connectivity index (χ4v) is 1.94. The maximum Gasteiger partial charge on any atom is 0.219 e. The number of amides is 1. The molecule has 1 amide bonds. The molecule has 1 saturated heterocycles. The van der Waals surface area contributed by atoms with Crippen molar-refractivity contribution < 1.29 is 9.53 Å². The van der Waals surface area contributed by atoms with Crippen molar-refractivity contribution in [2.24, 2.45) is 5.73 Å². The molecule has 0 saturated carbocycles. The Hall–Kier alpha value is -0.610. The van der Waals surface area contributed by atoms with Crippen LogP contribution in [0.2, 0.25) is 0 Å². The lowest BCUT2D eigenvalue weighted by molar-refractivity contribution is -0.121. The van der Waals surface area contributed by atoms with Crippen molar-refractivity contribution in [3.8, 4) is 0 Å². The van der Waals surface area contributed by atoms with Gasteiger partial charge in [0.25, 0.3) is 0 Å². The standard InChI is InChI=1S/C12H24N2O2/c13-8-3-1-2-6-12(15)14-9-7-11-5-4-10-16-11/h11H,1-10,13H2,(H,14,15). The van der Waals surface area contributed by atoms with Crippen LogP contribution in [-0.4, -0.2) is 31.7 Å². The van der Waals surface area contributed by atoms with Crippen molar-refractivity contribution in [3.05, 3.63) is 0 Å². The molecule has 1 fully saturated rings. The van der Waals surface area contributed by atoms with Gasteiger partial charge in [-0.3, -0.25) is 4.79 Å². The summed E-state index contributed by atoms with van der Waals surface area (Å²) in [5.41, 5.74) is 5.38. The number of unbranched alkanes of at least 4 members (excludes halogenated alkanes) is 2. The first kappa shape index (κ1) is 13.5. The number of carbonyl (C=O) groups excluding carboxylic acids is 1. The second kappa shape index (κ2) is 8.53. The molecule has 4 heteroatoms. The molecule has 0 aromatic heterocycles. The third kappa shape index (κ3) is 6.08. The van der Waals surface area contributed by atoms with E-state index in [0.29, 0.717) is 12.5 Å². The van der Waals surface area contributed by atoms with E-state index in [4.69, 9.17) is 10.5 Å². The normalized spacial score (nSPS) is 19.9. The Morgan fingerprint density at radius 3 is 2.94 bits per heavy atom. The highest BCUT2D eigenvalue weighted by atomic mass is 16.5. The molecule has 1 aliphatic heterocycles. The zero-order chi connectivity index (χ0) is 11.6. The van der Waals surface area contributed by atoms with E-state index in [9.17, 15) is 4.79 Å². The highest BCUT2D eigenvalue weighted by Gasteiger charge is 2.14. The lowest BCUT2D eigenvalue weighted by atomic mass is 10.1. The third-order valence-electron chi connectivity index (χ3n) is 2.92. The van der Waals surface area contributed by atoms with Gasteiger partial charge in [-0.2, -0.15) is 0 Å². The van der Waals surface area contributed by atoms with Gasteiger partial charge in [0, 0.05) is 19.6 Å². The van der Waals surface area contributed by atoms with Gasteiger partial charge in [0.2, 0.25) is 5.91 Å². The van der Waals surface area contributed by atoms with E-state index in [0.717, 1.165) is 58.2 Å². The third-order valence-corrected chi connectivity index (χ3v) is 2.92. The molecular formula is C12H24N2O2. The van der Waals surface area contributed by atoms with Crippen LogP contribution in [0.3, 0.4) is 0 Å². The number of nitrogens with one attached hydrogen (secondary N) is 1. The smallest absolute Gasteiger partial charge is 0.219 e. The number of rotatable bonds is 8. The van der Waals surface area contributed by atoms with E-state index in [1.54, 1.807) is 0 Å². The van der Waals surface area contributed by atoms with Gasteiger partial charge in [-0.15, -0.1) is 0 Å². The SMILES string of the molecule is NCCCCCC(=O)NCCC1CCCO1. The molecule has 0 bridgehead atoms. The number of hydrogen-bond donors (Lipinski definition) is 2. The highest BCUT2D eigenvalue weighted by Crippen LogP contribution is 2.14. The van der Waals surface area contributed by atoms with E-state index in [-0.39, 0.29) is 5.91 Å². The molecule has 1 unspecified atom stereocenters. The van der Waals surface area contributed by atoms with Gasteiger partial charge in [-0.05, 0) is 38.6 Å². The van der Waals surface area contributed by atoms with Crippen LogP contribution in [0.1, 0.15) is 44.9 Å².